The quantitative estimate of drug-likeness (QED) is 0.677. The first-order chi connectivity index (χ1) is 7.22. The van der Waals surface area contributed by atoms with E-state index in [4.69, 9.17) is 9.84 Å². The predicted octanol–water partition coefficient (Wildman–Crippen LogP) is -0.0154. The maximum Gasteiger partial charge on any atom is 0.0901 e. The Morgan fingerprint density at radius 3 is 2.47 bits per heavy atom. The van der Waals surface area contributed by atoms with Crippen LogP contribution in [0.3, 0.4) is 0 Å². The molecule has 2 fully saturated rings. The lowest BCUT2D eigenvalue weighted by Gasteiger charge is -2.36. The van der Waals surface area contributed by atoms with Gasteiger partial charge in [0.1, 0.15) is 0 Å². The summed E-state index contributed by atoms with van der Waals surface area (Å²) >= 11 is 0. The molecule has 15 heavy (non-hydrogen) atoms. The molecule has 88 valence electrons. The summed E-state index contributed by atoms with van der Waals surface area (Å²) in [4.78, 5) is 2.30. The maximum atomic E-state index is 9.81. The summed E-state index contributed by atoms with van der Waals surface area (Å²) in [5, 5.41) is 18.8. The Labute approximate surface area is 90.8 Å². The first-order valence-corrected chi connectivity index (χ1v) is 5.89. The van der Waals surface area contributed by atoms with E-state index in [1.54, 1.807) is 0 Å². The topological polar surface area (TPSA) is 52.9 Å². The van der Waals surface area contributed by atoms with Crippen molar-refractivity contribution in [3.8, 4) is 0 Å². The monoisotopic (exact) mass is 215 g/mol. The highest BCUT2D eigenvalue weighted by Gasteiger charge is 2.31. The Kier molecular flexibility index (Phi) is 3.61. The van der Waals surface area contributed by atoms with Gasteiger partial charge in [-0.15, -0.1) is 0 Å². The molecule has 0 unspecified atom stereocenters. The molecular weight excluding hydrogens is 194 g/mol. The van der Waals surface area contributed by atoms with Crippen LogP contribution in [0, 0.1) is 0 Å². The van der Waals surface area contributed by atoms with E-state index in [2.05, 4.69) is 4.90 Å². The van der Waals surface area contributed by atoms with Gasteiger partial charge in [0.05, 0.1) is 24.9 Å². The number of rotatable bonds is 5. The Morgan fingerprint density at radius 1 is 1.27 bits per heavy atom. The maximum absolute atomic E-state index is 9.81. The van der Waals surface area contributed by atoms with Gasteiger partial charge in [0.25, 0.3) is 0 Å². The average molecular weight is 215 g/mol. The number of likely N-dealkylation sites (tertiary alicyclic amines) is 1. The third-order valence-corrected chi connectivity index (χ3v) is 3.37. The summed E-state index contributed by atoms with van der Waals surface area (Å²) < 4.78 is 5.58. The normalized spacial score (nSPS) is 26.8. The zero-order valence-electron chi connectivity index (χ0n) is 9.19. The van der Waals surface area contributed by atoms with E-state index >= 15 is 0 Å². The van der Waals surface area contributed by atoms with Crippen LogP contribution in [0.25, 0.3) is 0 Å². The second-order valence-corrected chi connectivity index (χ2v) is 4.79. The molecule has 4 heteroatoms. The lowest BCUT2D eigenvalue weighted by atomic mass is 9.92. The summed E-state index contributed by atoms with van der Waals surface area (Å²) in [6.45, 7) is 3.38. The van der Waals surface area contributed by atoms with Gasteiger partial charge in [-0.2, -0.15) is 0 Å². The van der Waals surface area contributed by atoms with Gasteiger partial charge < -0.3 is 19.8 Å². The first-order valence-electron chi connectivity index (χ1n) is 5.89. The van der Waals surface area contributed by atoms with Crippen molar-refractivity contribution in [2.75, 3.05) is 32.8 Å². The number of aliphatic hydroxyl groups is 2. The molecule has 0 amide bonds. The standard InChI is InChI=1S/C11H21NO3/c13-9-11(14)3-5-12(6-4-11)7-8-15-10-1-2-10/h10,13-14H,1-9H2. The fourth-order valence-electron chi connectivity index (χ4n) is 1.93. The lowest BCUT2D eigenvalue weighted by molar-refractivity contribution is -0.0625. The second kappa shape index (κ2) is 4.78. The molecule has 0 aromatic heterocycles. The second-order valence-electron chi connectivity index (χ2n) is 4.79. The Bertz CT molecular complexity index is 198. The van der Waals surface area contributed by atoms with Crippen LogP contribution in [0.1, 0.15) is 25.7 Å². The van der Waals surface area contributed by atoms with Crippen LogP contribution in [-0.2, 0) is 4.74 Å². The molecule has 1 aliphatic heterocycles. The molecule has 1 saturated heterocycles. The smallest absolute Gasteiger partial charge is 0.0901 e. The van der Waals surface area contributed by atoms with Crippen molar-refractivity contribution in [3.05, 3.63) is 0 Å². The van der Waals surface area contributed by atoms with Gasteiger partial charge in [0, 0.05) is 19.6 Å². The molecule has 0 radical (unpaired) electrons. The molecule has 1 saturated carbocycles. The highest BCUT2D eigenvalue weighted by atomic mass is 16.5. The minimum Gasteiger partial charge on any atom is -0.393 e. The minimum absolute atomic E-state index is 0.112. The van der Waals surface area contributed by atoms with E-state index in [1.807, 2.05) is 0 Å². The fourth-order valence-corrected chi connectivity index (χ4v) is 1.93. The molecular formula is C11H21NO3. The SMILES string of the molecule is OCC1(O)CCN(CCOC2CC2)CC1. The van der Waals surface area contributed by atoms with E-state index in [0.717, 1.165) is 26.2 Å². The number of piperidine rings is 1. The summed E-state index contributed by atoms with van der Waals surface area (Å²) in [6.07, 6.45) is 4.33. The van der Waals surface area contributed by atoms with E-state index < -0.39 is 5.60 Å². The highest BCUT2D eigenvalue weighted by Crippen LogP contribution is 2.24. The molecule has 2 N–H and O–H groups in total. The fraction of sp³-hybridized carbons (Fsp3) is 1.00. The molecule has 0 aromatic rings. The molecule has 0 atom stereocenters. The summed E-state index contributed by atoms with van der Waals surface area (Å²) in [7, 11) is 0. The molecule has 0 bridgehead atoms. The van der Waals surface area contributed by atoms with Crippen LogP contribution >= 0.6 is 0 Å². The van der Waals surface area contributed by atoms with E-state index in [9.17, 15) is 5.11 Å². The lowest BCUT2D eigenvalue weighted by Crippen LogP contribution is -2.47. The Balaban J connectivity index is 1.60. The van der Waals surface area contributed by atoms with E-state index in [1.165, 1.54) is 12.8 Å². The van der Waals surface area contributed by atoms with Gasteiger partial charge in [0.15, 0.2) is 0 Å². The van der Waals surface area contributed by atoms with E-state index in [-0.39, 0.29) is 6.61 Å². The molecule has 2 rings (SSSR count). The highest BCUT2D eigenvalue weighted by molar-refractivity contribution is 4.85. The summed E-state index contributed by atoms with van der Waals surface area (Å²) in [5.74, 6) is 0. The van der Waals surface area contributed by atoms with Crippen LogP contribution in [0.4, 0.5) is 0 Å². The van der Waals surface area contributed by atoms with E-state index in [0.29, 0.717) is 18.9 Å². The zero-order chi connectivity index (χ0) is 10.7. The van der Waals surface area contributed by atoms with Gasteiger partial charge in [-0.3, -0.25) is 0 Å². The summed E-state index contributed by atoms with van der Waals surface area (Å²) in [6, 6.07) is 0. The van der Waals surface area contributed by atoms with Crippen molar-refractivity contribution in [2.45, 2.75) is 37.4 Å². The van der Waals surface area contributed by atoms with Gasteiger partial charge in [-0.25, -0.2) is 0 Å². The zero-order valence-corrected chi connectivity index (χ0v) is 9.19. The van der Waals surface area contributed by atoms with Crippen LogP contribution < -0.4 is 0 Å². The van der Waals surface area contributed by atoms with Crippen molar-refractivity contribution in [1.29, 1.82) is 0 Å². The number of hydrogen-bond acceptors (Lipinski definition) is 4. The number of ether oxygens (including phenoxy) is 1. The largest absolute Gasteiger partial charge is 0.393 e. The third-order valence-electron chi connectivity index (χ3n) is 3.37. The average Bonchev–Trinajstić information content (AvgIpc) is 3.05. The number of aliphatic hydroxyl groups excluding tert-OH is 1. The van der Waals surface area contributed by atoms with Crippen LogP contribution in [-0.4, -0.2) is 59.7 Å². The van der Waals surface area contributed by atoms with Gasteiger partial charge in [0.2, 0.25) is 0 Å². The summed E-state index contributed by atoms with van der Waals surface area (Å²) in [5.41, 5.74) is -0.826. The van der Waals surface area contributed by atoms with Crippen molar-refractivity contribution < 1.29 is 14.9 Å². The molecule has 1 heterocycles. The van der Waals surface area contributed by atoms with Crippen molar-refractivity contribution in [2.24, 2.45) is 0 Å². The number of nitrogens with zero attached hydrogens (tertiary/aromatic N) is 1. The van der Waals surface area contributed by atoms with Crippen molar-refractivity contribution >= 4 is 0 Å². The van der Waals surface area contributed by atoms with Crippen LogP contribution in [0.5, 0.6) is 0 Å². The first kappa shape index (κ1) is 11.3. The van der Waals surface area contributed by atoms with Gasteiger partial charge in [-0.05, 0) is 25.7 Å². The van der Waals surface area contributed by atoms with Crippen molar-refractivity contribution in [1.82, 2.24) is 4.90 Å². The molecule has 2 aliphatic rings. The third kappa shape index (κ3) is 3.41. The molecule has 0 spiro atoms. The predicted molar refractivity (Wildman–Crippen MR) is 56.7 cm³/mol. The Morgan fingerprint density at radius 2 is 1.93 bits per heavy atom. The molecule has 0 aromatic carbocycles. The molecule has 1 aliphatic carbocycles. The van der Waals surface area contributed by atoms with Gasteiger partial charge >= 0.3 is 0 Å². The number of hydrogen-bond donors (Lipinski definition) is 2. The minimum atomic E-state index is -0.826. The Hall–Kier alpha value is -0.160. The van der Waals surface area contributed by atoms with Crippen LogP contribution in [0.15, 0.2) is 0 Å². The van der Waals surface area contributed by atoms with Gasteiger partial charge in [-0.1, -0.05) is 0 Å². The van der Waals surface area contributed by atoms with Crippen LogP contribution in [0.2, 0.25) is 0 Å². The molecule has 4 nitrogen and oxygen atoms in total. The van der Waals surface area contributed by atoms with Crippen molar-refractivity contribution in [3.63, 3.8) is 0 Å².